The molecule has 0 N–H and O–H groups in total. The van der Waals surface area contributed by atoms with Crippen LogP contribution in [0.1, 0.15) is 0 Å². The Kier molecular flexibility index (Phi) is 2.44. The minimum Gasteiger partial charge on any atom is -0.0616 e. The molecule has 0 unspecified atom stereocenters. The van der Waals surface area contributed by atoms with E-state index in [4.69, 9.17) is 0 Å². The summed E-state index contributed by atoms with van der Waals surface area (Å²) in [5, 5.41) is 16.7. The van der Waals surface area contributed by atoms with Crippen LogP contribution in [0.15, 0.2) is 97.1 Å². The highest BCUT2D eigenvalue weighted by atomic mass is 14.3. The van der Waals surface area contributed by atoms with E-state index >= 15 is 0 Å². The Bertz CT molecular complexity index is 2040. The van der Waals surface area contributed by atoms with Gasteiger partial charge in [-0.05, 0) is 93.0 Å². The summed E-state index contributed by atoms with van der Waals surface area (Å²) < 4.78 is 0. The molecule has 1 aliphatic carbocycles. The van der Waals surface area contributed by atoms with Crippen LogP contribution in [0.2, 0.25) is 0 Å². The molecule has 0 amide bonds. The van der Waals surface area contributed by atoms with Gasteiger partial charge in [-0.3, -0.25) is 0 Å². The van der Waals surface area contributed by atoms with E-state index < -0.39 is 0 Å². The minimum atomic E-state index is 1.34. The van der Waals surface area contributed by atoms with Crippen molar-refractivity contribution < 1.29 is 0 Å². The third kappa shape index (κ3) is 1.54. The van der Waals surface area contributed by atoms with Gasteiger partial charge in [0.1, 0.15) is 0 Å². The Labute approximate surface area is 184 Å². The average molecular weight is 400 g/mol. The molecule has 9 rings (SSSR count). The van der Waals surface area contributed by atoms with Gasteiger partial charge in [0.25, 0.3) is 0 Å². The smallest absolute Gasteiger partial charge is 0.000785 e. The Hall–Kier alpha value is -4.16. The first-order valence-corrected chi connectivity index (χ1v) is 11.3. The van der Waals surface area contributed by atoms with Crippen molar-refractivity contribution in [2.45, 2.75) is 0 Å². The van der Waals surface area contributed by atoms with Gasteiger partial charge in [0.05, 0.1) is 0 Å². The normalized spacial score (nSPS) is 13.0. The summed E-state index contributed by atoms with van der Waals surface area (Å²) in [6, 6.07) is 36.4. The van der Waals surface area contributed by atoms with Crippen molar-refractivity contribution in [3.63, 3.8) is 0 Å². The fraction of sp³-hybridized carbons (Fsp3) is 0. The highest BCUT2D eigenvalue weighted by Gasteiger charge is 2.26. The summed E-state index contributed by atoms with van der Waals surface area (Å²) in [4.78, 5) is 0. The first-order chi connectivity index (χ1) is 15.9. The predicted octanol–water partition coefficient (Wildman–Crippen LogP) is 9.13. The second-order valence-corrected chi connectivity index (χ2v) is 9.24. The molecule has 0 heteroatoms. The fourth-order valence-corrected chi connectivity index (χ4v) is 6.71. The average Bonchev–Trinajstić information content (AvgIpc) is 3.47. The van der Waals surface area contributed by atoms with Crippen LogP contribution >= 0.6 is 0 Å². The number of hydrogen-bond donors (Lipinski definition) is 0. The monoisotopic (exact) mass is 400 g/mol. The third-order valence-electron chi connectivity index (χ3n) is 7.88. The molecular formula is C32H16. The molecule has 8 aromatic carbocycles. The summed E-state index contributed by atoms with van der Waals surface area (Å²) in [6.07, 6.45) is 0. The van der Waals surface area contributed by atoms with E-state index in [2.05, 4.69) is 97.1 Å². The molecule has 32 heavy (non-hydrogen) atoms. The van der Waals surface area contributed by atoms with Crippen LogP contribution in [-0.2, 0) is 0 Å². The highest BCUT2D eigenvalue weighted by Crippen LogP contribution is 2.54. The van der Waals surface area contributed by atoms with E-state index in [1.54, 1.807) is 0 Å². The maximum Gasteiger partial charge on any atom is -0.000785 e. The number of hydrogen-bond acceptors (Lipinski definition) is 0. The lowest BCUT2D eigenvalue weighted by Crippen LogP contribution is -1.76. The molecule has 0 saturated heterocycles. The van der Waals surface area contributed by atoms with Crippen molar-refractivity contribution in [2.24, 2.45) is 0 Å². The first kappa shape index (κ1) is 15.6. The molecule has 0 spiro atoms. The maximum atomic E-state index is 2.43. The van der Waals surface area contributed by atoms with Crippen molar-refractivity contribution in [2.75, 3.05) is 0 Å². The van der Waals surface area contributed by atoms with E-state index in [0.717, 1.165) is 0 Å². The van der Waals surface area contributed by atoms with Gasteiger partial charge in [-0.15, -0.1) is 0 Å². The summed E-state index contributed by atoms with van der Waals surface area (Å²) in [5.41, 5.74) is 5.49. The lowest BCUT2D eigenvalue weighted by atomic mass is 9.99. The van der Waals surface area contributed by atoms with Gasteiger partial charge in [-0.1, -0.05) is 91.0 Å². The number of benzene rings is 6. The van der Waals surface area contributed by atoms with Crippen molar-refractivity contribution in [1.29, 1.82) is 0 Å². The van der Waals surface area contributed by atoms with E-state index in [0.29, 0.717) is 0 Å². The van der Waals surface area contributed by atoms with Crippen molar-refractivity contribution >= 4 is 64.6 Å². The van der Waals surface area contributed by atoms with Gasteiger partial charge in [0, 0.05) is 0 Å². The zero-order chi connectivity index (χ0) is 20.6. The molecule has 0 bridgehead atoms. The van der Waals surface area contributed by atoms with Crippen LogP contribution in [0.25, 0.3) is 86.9 Å². The topological polar surface area (TPSA) is 0 Å². The van der Waals surface area contributed by atoms with Gasteiger partial charge in [0.2, 0.25) is 0 Å². The molecule has 0 aromatic heterocycles. The molecular weight excluding hydrogens is 384 g/mol. The van der Waals surface area contributed by atoms with E-state index in [-0.39, 0.29) is 0 Å². The predicted molar refractivity (Wildman–Crippen MR) is 138 cm³/mol. The van der Waals surface area contributed by atoms with Crippen LogP contribution in [0.5, 0.6) is 0 Å². The largest absolute Gasteiger partial charge is 0.0616 e. The quantitative estimate of drug-likeness (QED) is 0.238. The lowest BCUT2D eigenvalue weighted by molar-refractivity contribution is 1.70. The summed E-state index contributed by atoms with van der Waals surface area (Å²) in [6.45, 7) is 0. The third-order valence-corrected chi connectivity index (χ3v) is 7.88. The first-order valence-electron chi connectivity index (χ1n) is 11.3. The van der Waals surface area contributed by atoms with E-state index in [1.807, 2.05) is 0 Å². The van der Waals surface area contributed by atoms with Crippen LogP contribution in [0.4, 0.5) is 0 Å². The second-order valence-electron chi connectivity index (χ2n) is 9.24. The second kappa shape index (κ2) is 5.00. The molecule has 0 radical (unpaired) electrons. The summed E-state index contributed by atoms with van der Waals surface area (Å²) in [7, 11) is 0. The zero-order valence-electron chi connectivity index (χ0n) is 17.2. The number of fused-ring (bicyclic) bond motifs is 10. The van der Waals surface area contributed by atoms with E-state index in [9.17, 15) is 0 Å². The molecule has 0 aliphatic heterocycles. The molecule has 144 valence electrons. The molecule has 0 atom stereocenters. The molecule has 0 fully saturated rings. The molecule has 0 heterocycles. The summed E-state index contributed by atoms with van der Waals surface area (Å²) >= 11 is 0. The molecule has 8 aromatic rings. The van der Waals surface area contributed by atoms with Crippen molar-refractivity contribution in [3.8, 4) is 22.3 Å². The van der Waals surface area contributed by atoms with Gasteiger partial charge in [0.15, 0.2) is 0 Å². The standard InChI is InChI=1S/C32H16/c1-2-8-19-18(7-1)23-12-13-25-27-16-17-6-5-11-21-20-9-3-4-10-22(20)32(28(17)21)31(27)26-15-14-24(19)29(23)30(25)26/h1-16H. The molecule has 0 saturated carbocycles. The van der Waals surface area contributed by atoms with Gasteiger partial charge >= 0.3 is 0 Å². The van der Waals surface area contributed by atoms with Crippen LogP contribution in [0, 0.1) is 0 Å². The van der Waals surface area contributed by atoms with Crippen LogP contribution in [0.3, 0.4) is 0 Å². The fourth-order valence-electron chi connectivity index (χ4n) is 6.71. The Morgan fingerprint density at radius 2 is 0.875 bits per heavy atom. The highest BCUT2D eigenvalue weighted by molar-refractivity contribution is 6.46. The van der Waals surface area contributed by atoms with Gasteiger partial charge < -0.3 is 0 Å². The van der Waals surface area contributed by atoms with Crippen molar-refractivity contribution in [3.05, 3.63) is 97.1 Å². The Morgan fingerprint density at radius 1 is 0.281 bits per heavy atom. The van der Waals surface area contributed by atoms with Gasteiger partial charge in [-0.25, -0.2) is 0 Å². The number of rotatable bonds is 0. The maximum absolute atomic E-state index is 2.43. The van der Waals surface area contributed by atoms with E-state index in [1.165, 1.54) is 86.9 Å². The zero-order valence-corrected chi connectivity index (χ0v) is 17.2. The molecule has 0 nitrogen and oxygen atoms in total. The van der Waals surface area contributed by atoms with Crippen LogP contribution in [-0.4, -0.2) is 0 Å². The van der Waals surface area contributed by atoms with Crippen molar-refractivity contribution in [1.82, 2.24) is 0 Å². The van der Waals surface area contributed by atoms with Gasteiger partial charge in [-0.2, -0.15) is 0 Å². The summed E-state index contributed by atoms with van der Waals surface area (Å²) in [5.74, 6) is 0. The minimum absolute atomic E-state index is 1.34. The Morgan fingerprint density at radius 3 is 1.69 bits per heavy atom. The molecule has 1 aliphatic rings. The van der Waals surface area contributed by atoms with Crippen LogP contribution < -0.4 is 0 Å². The Balaban J connectivity index is 1.64. The lowest BCUT2D eigenvalue weighted by Gasteiger charge is -2.04. The SMILES string of the molecule is c1ccc2c(c1)-c1ccc3c4cc5cccc6c7ccccc7c(c56)c4c4ccc-2c1c34.